The number of hydrogen-bond acceptors (Lipinski definition) is 4. The zero-order valence-electron chi connectivity index (χ0n) is 10.1. The van der Waals surface area contributed by atoms with Crippen LogP contribution in [-0.2, 0) is 14.3 Å². The summed E-state index contributed by atoms with van der Waals surface area (Å²) in [6, 6.07) is 0. The fourth-order valence-corrected chi connectivity index (χ4v) is 2.04. The molecule has 0 aromatic rings. The molecule has 1 saturated heterocycles. The molecule has 0 aromatic heterocycles. The lowest BCUT2D eigenvalue weighted by Gasteiger charge is -2.31. The number of ether oxygens (including phenoxy) is 2. The SMILES string of the molecule is CC1CC(OCCCC(=O)NN)CC(C)O1. The Kier molecular flexibility index (Phi) is 5.73. The van der Waals surface area contributed by atoms with Crippen molar-refractivity contribution < 1.29 is 14.3 Å². The first-order chi connectivity index (χ1) is 7.61. The Balaban J connectivity index is 2.10. The van der Waals surface area contributed by atoms with Crippen LogP contribution in [0.25, 0.3) is 0 Å². The normalized spacial score (nSPS) is 30.1. The highest BCUT2D eigenvalue weighted by Crippen LogP contribution is 2.21. The minimum Gasteiger partial charge on any atom is -0.378 e. The standard InChI is InChI=1S/C11H22N2O3/c1-8-6-10(7-9(2)16-8)15-5-3-4-11(14)13-12/h8-10H,3-7,12H2,1-2H3,(H,13,14). The third-order valence-electron chi connectivity index (χ3n) is 2.72. The van der Waals surface area contributed by atoms with Gasteiger partial charge in [0.2, 0.25) is 5.91 Å². The van der Waals surface area contributed by atoms with Crippen molar-refractivity contribution in [3.05, 3.63) is 0 Å². The molecule has 1 aliphatic rings. The van der Waals surface area contributed by atoms with Crippen molar-refractivity contribution in [2.45, 2.75) is 57.8 Å². The predicted octanol–water partition coefficient (Wildman–Crippen LogP) is 0.729. The molecule has 1 fully saturated rings. The van der Waals surface area contributed by atoms with Gasteiger partial charge < -0.3 is 9.47 Å². The van der Waals surface area contributed by atoms with E-state index in [9.17, 15) is 4.79 Å². The van der Waals surface area contributed by atoms with E-state index in [1.807, 2.05) is 0 Å². The van der Waals surface area contributed by atoms with E-state index in [-0.39, 0.29) is 24.2 Å². The molecule has 1 aliphatic heterocycles. The van der Waals surface area contributed by atoms with Gasteiger partial charge in [0.25, 0.3) is 0 Å². The lowest BCUT2D eigenvalue weighted by molar-refractivity contribution is -0.122. The summed E-state index contributed by atoms with van der Waals surface area (Å²) >= 11 is 0. The zero-order chi connectivity index (χ0) is 12.0. The molecule has 0 aliphatic carbocycles. The first-order valence-electron chi connectivity index (χ1n) is 5.88. The van der Waals surface area contributed by atoms with Gasteiger partial charge in [-0.25, -0.2) is 5.84 Å². The van der Waals surface area contributed by atoms with Crippen molar-refractivity contribution in [3.8, 4) is 0 Å². The molecule has 0 spiro atoms. The van der Waals surface area contributed by atoms with Crippen LogP contribution in [-0.4, -0.2) is 30.8 Å². The van der Waals surface area contributed by atoms with Crippen molar-refractivity contribution in [2.75, 3.05) is 6.61 Å². The molecule has 5 heteroatoms. The maximum Gasteiger partial charge on any atom is 0.233 e. The van der Waals surface area contributed by atoms with Gasteiger partial charge in [-0.15, -0.1) is 0 Å². The fourth-order valence-electron chi connectivity index (χ4n) is 2.04. The van der Waals surface area contributed by atoms with Gasteiger partial charge in [0.15, 0.2) is 0 Å². The first kappa shape index (κ1) is 13.4. The number of amides is 1. The summed E-state index contributed by atoms with van der Waals surface area (Å²) in [7, 11) is 0. The first-order valence-corrected chi connectivity index (χ1v) is 5.88. The summed E-state index contributed by atoms with van der Waals surface area (Å²) in [6.45, 7) is 4.74. The molecule has 0 bridgehead atoms. The third-order valence-corrected chi connectivity index (χ3v) is 2.72. The molecule has 1 heterocycles. The Morgan fingerprint density at radius 2 is 2.06 bits per heavy atom. The third kappa shape index (κ3) is 4.92. The van der Waals surface area contributed by atoms with Gasteiger partial charge in [0.05, 0.1) is 18.3 Å². The Labute approximate surface area is 96.6 Å². The molecular formula is C11H22N2O3. The fraction of sp³-hybridized carbons (Fsp3) is 0.909. The second kappa shape index (κ2) is 6.83. The van der Waals surface area contributed by atoms with E-state index in [1.165, 1.54) is 0 Å². The zero-order valence-corrected chi connectivity index (χ0v) is 10.1. The molecule has 3 N–H and O–H groups in total. The van der Waals surface area contributed by atoms with Crippen LogP contribution < -0.4 is 11.3 Å². The second-order valence-electron chi connectivity index (χ2n) is 4.39. The van der Waals surface area contributed by atoms with E-state index in [1.54, 1.807) is 0 Å². The Bertz CT molecular complexity index is 213. The van der Waals surface area contributed by atoms with Crippen molar-refractivity contribution in [3.63, 3.8) is 0 Å². The minimum absolute atomic E-state index is 0.141. The van der Waals surface area contributed by atoms with Crippen molar-refractivity contribution in [2.24, 2.45) is 5.84 Å². The lowest BCUT2D eigenvalue weighted by Crippen LogP contribution is -2.34. The number of carbonyl (C=O) groups is 1. The average Bonchev–Trinajstić information content (AvgIpc) is 2.22. The van der Waals surface area contributed by atoms with Crippen molar-refractivity contribution in [1.29, 1.82) is 0 Å². The topological polar surface area (TPSA) is 73.6 Å². The molecule has 0 radical (unpaired) electrons. The van der Waals surface area contributed by atoms with Gasteiger partial charge in [0, 0.05) is 13.0 Å². The van der Waals surface area contributed by atoms with E-state index >= 15 is 0 Å². The summed E-state index contributed by atoms with van der Waals surface area (Å²) in [6.07, 6.45) is 3.80. The van der Waals surface area contributed by atoms with Crippen LogP contribution in [0, 0.1) is 0 Å². The number of nitrogens with one attached hydrogen (secondary N) is 1. The molecular weight excluding hydrogens is 208 g/mol. The van der Waals surface area contributed by atoms with Crippen LogP contribution in [0.1, 0.15) is 39.5 Å². The second-order valence-corrected chi connectivity index (χ2v) is 4.39. The molecule has 16 heavy (non-hydrogen) atoms. The lowest BCUT2D eigenvalue weighted by atomic mass is 10.0. The van der Waals surface area contributed by atoms with Gasteiger partial charge in [-0.05, 0) is 33.1 Å². The summed E-state index contributed by atoms with van der Waals surface area (Å²) in [5.41, 5.74) is 2.10. The summed E-state index contributed by atoms with van der Waals surface area (Å²) < 4.78 is 11.3. The van der Waals surface area contributed by atoms with E-state index in [4.69, 9.17) is 15.3 Å². The number of nitrogens with two attached hydrogens (primary N) is 1. The van der Waals surface area contributed by atoms with Crippen LogP contribution in [0.3, 0.4) is 0 Å². The van der Waals surface area contributed by atoms with E-state index in [0.29, 0.717) is 19.4 Å². The number of rotatable bonds is 5. The largest absolute Gasteiger partial charge is 0.378 e. The van der Waals surface area contributed by atoms with Crippen molar-refractivity contribution >= 4 is 5.91 Å². The maximum absolute atomic E-state index is 10.9. The Morgan fingerprint density at radius 3 is 2.62 bits per heavy atom. The van der Waals surface area contributed by atoms with Crippen LogP contribution in [0.5, 0.6) is 0 Å². The number of hydrazine groups is 1. The van der Waals surface area contributed by atoms with E-state index < -0.39 is 0 Å². The van der Waals surface area contributed by atoms with Gasteiger partial charge in [-0.2, -0.15) is 0 Å². The number of hydrogen-bond donors (Lipinski definition) is 2. The average molecular weight is 230 g/mol. The highest BCUT2D eigenvalue weighted by molar-refractivity contribution is 5.75. The smallest absolute Gasteiger partial charge is 0.233 e. The van der Waals surface area contributed by atoms with Gasteiger partial charge >= 0.3 is 0 Å². The molecule has 1 amide bonds. The maximum atomic E-state index is 10.9. The molecule has 0 saturated carbocycles. The molecule has 0 aromatic carbocycles. The van der Waals surface area contributed by atoms with Gasteiger partial charge in [-0.1, -0.05) is 0 Å². The number of carbonyl (C=O) groups excluding carboxylic acids is 1. The van der Waals surface area contributed by atoms with Crippen molar-refractivity contribution in [1.82, 2.24) is 5.43 Å². The molecule has 5 nitrogen and oxygen atoms in total. The van der Waals surface area contributed by atoms with Crippen LogP contribution >= 0.6 is 0 Å². The summed E-state index contributed by atoms with van der Waals surface area (Å²) in [5, 5.41) is 0. The van der Waals surface area contributed by atoms with E-state index in [2.05, 4.69) is 19.3 Å². The van der Waals surface area contributed by atoms with Gasteiger partial charge in [0.1, 0.15) is 0 Å². The Morgan fingerprint density at radius 1 is 1.44 bits per heavy atom. The summed E-state index contributed by atoms with van der Waals surface area (Å²) in [4.78, 5) is 10.9. The Hall–Kier alpha value is -0.650. The summed E-state index contributed by atoms with van der Waals surface area (Å²) in [5.74, 6) is 4.84. The molecule has 2 atom stereocenters. The quantitative estimate of drug-likeness (QED) is 0.316. The monoisotopic (exact) mass is 230 g/mol. The van der Waals surface area contributed by atoms with Gasteiger partial charge in [-0.3, -0.25) is 10.2 Å². The van der Waals surface area contributed by atoms with Crippen LogP contribution in [0.2, 0.25) is 0 Å². The molecule has 1 rings (SSSR count). The van der Waals surface area contributed by atoms with E-state index in [0.717, 1.165) is 12.8 Å². The predicted molar refractivity (Wildman–Crippen MR) is 60.5 cm³/mol. The highest BCUT2D eigenvalue weighted by atomic mass is 16.5. The molecule has 94 valence electrons. The minimum atomic E-state index is -0.141. The van der Waals surface area contributed by atoms with Crippen LogP contribution in [0.15, 0.2) is 0 Å². The molecule has 2 unspecified atom stereocenters. The van der Waals surface area contributed by atoms with Crippen LogP contribution in [0.4, 0.5) is 0 Å². The highest BCUT2D eigenvalue weighted by Gasteiger charge is 2.24.